The van der Waals surface area contributed by atoms with Crippen molar-refractivity contribution >= 4 is 17.6 Å². The Morgan fingerprint density at radius 1 is 1.50 bits per heavy atom. The van der Waals surface area contributed by atoms with E-state index in [1.165, 1.54) is 12.0 Å². The van der Waals surface area contributed by atoms with Crippen molar-refractivity contribution in [3.05, 3.63) is 24.3 Å². The molecular weight excluding hydrogens is 260 g/mol. The van der Waals surface area contributed by atoms with Crippen LogP contribution in [-0.4, -0.2) is 32.1 Å². The van der Waals surface area contributed by atoms with Gasteiger partial charge in [0.25, 0.3) is 0 Å². The molecule has 1 aliphatic rings. The summed E-state index contributed by atoms with van der Waals surface area (Å²) in [6.07, 6.45) is 0.0856. The molecular formula is C14H14N2O4. The van der Waals surface area contributed by atoms with Crippen LogP contribution in [0.15, 0.2) is 24.3 Å². The molecule has 1 saturated heterocycles. The number of carbonyl (C=O) groups excluding carboxylic acids is 2. The van der Waals surface area contributed by atoms with Gasteiger partial charge >= 0.3 is 5.97 Å². The number of hydrogen-bond donors (Lipinski definition) is 0. The minimum atomic E-state index is -0.541. The van der Waals surface area contributed by atoms with Gasteiger partial charge in [0.05, 0.1) is 18.7 Å². The Balaban J connectivity index is 2.13. The number of nitrogens with zero attached hydrogens (tertiary/aromatic N) is 2. The van der Waals surface area contributed by atoms with Crippen molar-refractivity contribution in [1.29, 1.82) is 5.26 Å². The topological polar surface area (TPSA) is 79.6 Å². The van der Waals surface area contributed by atoms with Gasteiger partial charge in [-0.3, -0.25) is 9.59 Å². The minimum Gasteiger partial charge on any atom is -0.495 e. The molecule has 1 fully saturated rings. The normalized spacial score (nSPS) is 17.7. The molecule has 6 nitrogen and oxygen atoms in total. The van der Waals surface area contributed by atoms with Gasteiger partial charge in [0.15, 0.2) is 6.61 Å². The molecule has 1 aromatic rings. The van der Waals surface area contributed by atoms with E-state index in [1.54, 1.807) is 24.3 Å². The first-order valence-corrected chi connectivity index (χ1v) is 6.14. The molecule has 0 unspecified atom stereocenters. The van der Waals surface area contributed by atoms with Gasteiger partial charge in [0.1, 0.15) is 11.8 Å². The molecule has 0 aliphatic carbocycles. The second kappa shape index (κ2) is 6.06. The van der Waals surface area contributed by atoms with Crippen LogP contribution in [0.1, 0.15) is 6.42 Å². The maximum atomic E-state index is 12.0. The van der Waals surface area contributed by atoms with E-state index >= 15 is 0 Å². The number of carbonyl (C=O) groups is 2. The van der Waals surface area contributed by atoms with Crippen LogP contribution in [0.3, 0.4) is 0 Å². The van der Waals surface area contributed by atoms with E-state index in [1.807, 2.05) is 6.07 Å². The molecule has 6 heteroatoms. The Morgan fingerprint density at radius 3 is 2.95 bits per heavy atom. The number of methoxy groups -OCH3 is 1. The van der Waals surface area contributed by atoms with Crippen molar-refractivity contribution in [2.45, 2.75) is 6.42 Å². The van der Waals surface area contributed by atoms with Crippen LogP contribution in [0.2, 0.25) is 0 Å². The molecule has 1 heterocycles. The second-order valence-corrected chi connectivity index (χ2v) is 4.34. The summed E-state index contributed by atoms with van der Waals surface area (Å²) in [4.78, 5) is 25.2. The van der Waals surface area contributed by atoms with Gasteiger partial charge in [0.2, 0.25) is 5.91 Å². The minimum absolute atomic E-state index is 0.0856. The third-order valence-corrected chi connectivity index (χ3v) is 3.11. The fraction of sp³-hybridized carbons (Fsp3) is 0.357. The number of benzene rings is 1. The summed E-state index contributed by atoms with van der Waals surface area (Å²) < 4.78 is 9.97. The van der Waals surface area contributed by atoms with Crippen molar-refractivity contribution in [2.75, 3.05) is 25.2 Å². The summed E-state index contributed by atoms with van der Waals surface area (Å²) in [6.45, 7) is -0.0539. The first kappa shape index (κ1) is 13.9. The van der Waals surface area contributed by atoms with Crippen molar-refractivity contribution < 1.29 is 19.1 Å². The van der Waals surface area contributed by atoms with Gasteiger partial charge in [0, 0.05) is 13.0 Å². The lowest BCUT2D eigenvalue weighted by atomic mass is 10.1. The molecule has 20 heavy (non-hydrogen) atoms. The van der Waals surface area contributed by atoms with E-state index in [-0.39, 0.29) is 25.5 Å². The Kier molecular flexibility index (Phi) is 4.20. The number of amides is 1. The zero-order valence-corrected chi connectivity index (χ0v) is 11.0. The van der Waals surface area contributed by atoms with Crippen LogP contribution >= 0.6 is 0 Å². The highest BCUT2D eigenvalue weighted by atomic mass is 16.5. The molecule has 1 amide bonds. The van der Waals surface area contributed by atoms with E-state index in [2.05, 4.69) is 0 Å². The maximum absolute atomic E-state index is 12.0. The van der Waals surface area contributed by atoms with Crippen LogP contribution in [0, 0.1) is 17.2 Å². The van der Waals surface area contributed by atoms with Crippen LogP contribution in [0.25, 0.3) is 0 Å². The number of rotatable bonds is 4. The Hall–Kier alpha value is -2.55. The predicted molar refractivity (Wildman–Crippen MR) is 70.0 cm³/mol. The number of nitriles is 1. The van der Waals surface area contributed by atoms with Crippen molar-refractivity contribution in [2.24, 2.45) is 5.92 Å². The SMILES string of the molecule is COc1ccccc1N1C[C@H](C(=O)OCC#N)CC1=O. The lowest BCUT2D eigenvalue weighted by molar-refractivity contribution is -0.146. The number of hydrogen-bond acceptors (Lipinski definition) is 5. The first-order chi connectivity index (χ1) is 9.67. The van der Waals surface area contributed by atoms with E-state index in [0.717, 1.165) is 0 Å². The van der Waals surface area contributed by atoms with Gasteiger partial charge in [-0.1, -0.05) is 12.1 Å². The van der Waals surface area contributed by atoms with Crippen LogP contribution in [0.5, 0.6) is 5.75 Å². The smallest absolute Gasteiger partial charge is 0.312 e. The Bertz CT molecular complexity index is 565. The van der Waals surface area contributed by atoms with Crippen LogP contribution < -0.4 is 9.64 Å². The lowest BCUT2D eigenvalue weighted by Gasteiger charge is -2.19. The third-order valence-electron chi connectivity index (χ3n) is 3.11. The van der Waals surface area contributed by atoms with Crippen LogP contribution in [-0.2, 0) is 14.3 Å². The molecule has 1 aliphatic heterocycles. The molecule has 0 aromatic heterocycles. The van der Waals surface area contributed by atoms with E-state index in [4.69, 9.17) is 14.7 Å². The van der Waals surface area contributed by atoms with E-state index in [0.29, 0.717) is 11.4 Å². The summed E-state index contributed by atoms with van der Waals surface area (Å²) in [5.74, 6) is -0.640. The number of esters is 1. The molecule has 1 aromatic carbocycles. The summed E-state index contributed by atoms with van der Waals surface area (Å²) in [7, 11) is 1.53. The second-order valence-electron chi connectivity index (χ2n) is 4.34. The monoisotopic (exact) mass is 274 g/mol. The molecule has 0 spiro atoms. The first-order valence-electron chi connectivity index (χ1n) is 6.14. The van der Waals surface area contributed by atoms with Gasteiger partial charge in [-0.25, -0.2) is 0 Å². The van der Waals surface area contributed by atoms with E-state index in [9.17, 15) is 9.59 Å². The fourth-order valence-corrected chi connectivity index (χ4v) is 2.17. The standard InChI is InChI=1S/C14H14N2O4/c1-19-12-5-3-2-4-11(12)16-9-10(8-13(16)17)14(18)20-7-6-15/h2-5,10H,7-9H2,1H3/t10-/m1/s1. The van der Waals surface area contributed by atoms with Crippen LogP contribution in [0.4, 0.5) is 5.69 Å². The third kappa shape index (κ3) is 2.72. The summed E-state index contributed by atoms with van der Waals surface area (Å²) in [5, 5.41) is 8.39. The van der Waals surface area contributed by atoms with Gasteiger partial charge in [-0.15, -0.1) is 0 Å². The lowest BCUT2D eigenvalue weighted by Crippen LogP contribution is -2.26. The van der Waals surface area contributed by atoms with Crippen molar-refractivity contribution in [3.63, 3.8) is 0 Å². The Labute approximate surface area is 116 Å². The predicted octanol–water partition coefficient (Wildman–Crippen LogP) is 1.11. The average molecular weight is 274 g/mol. The van der Waals surface area contributed by atoms with Gasteiger partial charge < -0.3 is 14.4 Å². The van der Waals surface area contributed by atoms with Gasteiger partial charge in [-0.05, 0) is 12.1 Å². The molecule has 104 valence electrons. The summed E-state index contributed by atoms with van der Waals surface area (Å²) in [6, 6.07) is 8.86. The molecule has 0 radical (unpaired) electrons. The highest BCUT2D eigenvalue weighted by molar-refractivity contribution is 6.00. The molecule has 0 saturated carbocycles. The zero-order valence-electron chi connectivity index (χ0n) is 11.0. The summed E-state index contributed by atoms with van der Waals surface area (Å²) >= 11 is 0. The largest absolute Gasteiger partial charge is 0.495 e. The number of anilines is 1. The molecule has 0 bridgehead atoms. The maximum Gasteiger partial charge on any atom is 0.312 e. The zero-order chi connectivity index (χ0) is 14.5. The van der Waals surface area contributed by atoms with Crippen molar-refractivity contribution in [3.8, 4) is 11.8 Å². The summed E-state index contributed by atoms with van der Waals surface area (Å²) in [5.41, 5.74) is 0.635. The molecule has 2 rings (SSSR count). The molecule has 1 atom stereocenters. The number of para-hydroxylation sites is 2. The van der Waals surface area contributed by atoms with E-state index < -0.39 is 11.9 Å². The van der Waals surface area contributed by atoms with Gasteiger partial charge in [-0.2, -0.15) is 5.26 Å². The number of ether oxygens (including phenoxy) is 2. The molecule has 0 N–H and O–H groups in total. The van der Waals surface area contributed by atoms with Crippen molar-refractivity contribution in [1.82, 2.24) is 0 Å². The highest BCUT2D eigenvalue weighted by Crippen LogP contribution is 2.32. The Morgan fingerprint density at radius 2 is 2.25 bits per heavy atom. The highest BCUT2D eigenvalue weighted by Gasteiger charge is 2.37. The fourth-order valence-electron chi connectivity index (χ4n) is 2.17. The quantitative estimate of drug-likeness (QED) is 0.768. The average Bonchev–Trinajstić information content (AvgIpc) is 2.86.